The van der Waals surface area contributed by atoms with Crippen molar-refractivity contribution in [2.24, 2.45) is 11.8 Å². The van der Waals surface area contributed by atoms with E-state index in [0.717, 1.165) is 43.8 Å². The number of hydrogen-bond acceptors (Lipinski definition) is 2. The lowest BCUT2D eigenvalue weighted by molar-refractivity contribution is -0.880. The number of hydrogen-bond donors (Lipinski definition) is 0. The van der Waals surface area contributed by atoms with E-state index in [1.165, 1.54) is 154 Å². The summed E-state index contributed by atoms with van der Waals surface area (Å²) < 4.78 is 13.5. The molecule has 0 aromatic heterocycles. The molecule has 3 nitrogen and oxygen atoms in total. The molecule has 2 atom stereocenters. The Morgan fingerprint density at radius 3 is 1.11 bits per heavy atom. The Kier molecular flexibility index (Phi) is 31.1. The van der Waals surface area contributed by atoms with Crippen LogP contribution in [0, 0.1) is 11.8 Å². The largest absolute Gasteiger partial charge is 0.381 e. The first kappa shape index (κ1) is 43.9. The lowest BCUT2D eigenvalue weighted by atomic mass is 9.98. The molecule has 0 aliphatic carbocycles. The minimum atomic E-state index is 0.644. The SMILES string of the molecule is CCCCC/C=C\C/C=C\CCCCCCCCOC[C@H]1C[N+](C)(C)C[C@@H]1COCCCCCCCC/C=C\C/C=C\CCCCC. The van der Waals surface area contributed by atoms with Gasteiger partial charge in [0.2, 0.25) is 0 Å². The molecule has 0 aromatic rings. The van der Waals surface area contributed by atoms with E-state index in [2.05, 4.69) is 76.6 Å². The fraction of sp³-hybridized carbons (Fsp3) is 0.818. The van der Waals surface area contributed by atoms with Gasteiger partial charge in [-0.15, -0.1) is 0 Å². The highest BCUT2D eigenvalue weighted by Crippen LogP contribution is 2.28. The number of nitrogens with zero attached hydrogens (tertiary/aromatic N) is 1. The molecule has 0 aromatic carbocycles. The monoisotopic (exact) mass is 657 g/mol. The van der Waals surface area contributed by atoms with Gasteiger partial charge in [-0.3, -0.25) is 0 Å². The summed E-state index contributed by atoms with van der Waals surface area (Å²) in [5.74, 6) is 1.29. The first-order valence-electron chi connectivity index (χ1n) is 20.7. The molecule has 3 heteroatoms. The molecule has 1 rings (SSSR count). The van der Waals surface area contributed by atoms with Crippen LogP contribution in [-0.2, 0) is 9.47 Å². The van der Waals surface area contributed by atoms with Gasteiger partial charge in [-0.1, -0.05) is 140 Å². The molecular weight excluding hydrogens is 574 g/mol. The number of quaternary nitrogens is 1. The molecule has 1 fully saturated rings. The van der Waals surface area contributed by atoms with Gasteiger partial charge in [0.1, 0.15) is 0 Å². The van der Waals surface area contributed by atoms with Crippen LogP contribution in [0.5, 0.6) is 0 Å². The fourth-order valence-corrected chi connectivity index (χ4v) is 6.87. The first-order valence-corrected chi connectivity index (χ1v) is 20.7. The molecule has 1 aliphatic heterocycles. The van der Waals surface area contributed by atoms with Gasteiger partial charge >= 0.3 is 0 Å². The number of ether oxygens (including phenoxy) is 2. The van der Waals surface area contributed by atoms with Gasteiger partial charge in [0.25, 0.3) is 0 Å². The first-order chi connectivity index (χ1) is 23.1. The zero-order valence-corrected chi connectivity index (χ0v) is 32.3. The highest BCUT2D eigenvalue weighted by molar-refractivity contribution is 4.93. The zero-order chi connectivity index (χ0) is 33.9. The summed E-state index contributed by atoms with van der Waals surface area (Å²) in [5, 5.41) is 0. The average Bonchev–Trinajstić information content (AvgIpc) is 3.36. The highest BCUT2D eigenvalue weighted by Gasteiger charge is 2.40. The number of allylic oxidation sites excluding steroid dienone is 8. The van der Waals surface area contributed by atoms with Gasteiger partial charge in [-0.25, -0.2) is 0 Å². The number of likely N-dealkylation sites (tertiary alicyclic amines) is 1. The third-order valence-corrected chi connectivity index (χ3v) is 9.77. The minimum absolute atomic E-state index is 0.644. The van der Waals surface area contributed by atoms with Crippen LogP contribution in [0.2, 0.25) is 0 Å². The summed E-state index contributed by atoms with van der Waals surface area (Å²) in [6, 6.07) is 0. The smallest absolute Gasteiger partial charge is 0.0839 e. The van der Waals surface area contributed by atoms with Crippen molar-refractivity contribution in [2.75, 3.05) is 53.6 Å². The van der Waals surface area contributed by atoms with Gasteiger partial charge in [0.15, 0.2) is 0 Å². The van der Waals surface area contributed by atoms with Crippen molar-refractivity contribution in [3.05, 3.63) is 48.6 Å². The van der Waals surface area contributed by atoms with E-state index >= 15 is 0 Å². The van der Waals surface area contributed by atoms with E-state index in [-0.39, 0.29) is 0 Å². The van der Waals surface area contributed by atoms with Crippen LogP contribution in [0.25, 0.3) is 0 Å². The normalized spacial score (nSPS) is 18.3. The Bertz CT molecular complexity index is 705. The molecule has 0 saturated carbocycles. The average molecular weight is 657 g/mol. The second-order valence-corrected chi connectivity index (χ2v) is 15.1. The molecule has 0 radical (unpaired) electrons. The van der Waals surface area contributed by atoms with E-state index in [0.29, 0.717) is 11.8 Å². The molecule has 0 N–H and O–H groups in total. The van der Waals surface area contributed by atoms with Crippen molar-refractivity contribution < 1.29 is 14.0 Å². The number of unbranched alkanes of at least 4 members (excludes halogenated alkanes) is 18. The van der Waals surface area contributed by atoms with Crippen LogP contribution in [-0.4, -0.2) is 58.1 Å². The lowest BCUT2D eigenvalue weighted by Crippen LogP contribution is -2.37. The summed E-state index contributed by atoms with van der Waals surface area (Å²) in [7, 11) is 4.75. The molecular formula is C44H82NO2+. The Labute approximate surface area is 295 Å². The fourth-order valence-electron chi connectivity index (χ4n) is 6.87. The second-order valence-electron chi connectivity index (χ2n) is 15.1. The van der Waals surface area contributed by atoms with Crippen LogP contribution in [0.4, 0.5) is 0 Å². The third kappa shape index (κ3) is 29.5. The molecule has 0 bridgehead atoms. The lowest BCUT2D eigenvalue weighted by Gasteiger charge is -2.23. The van der Waals surface area contributed by atoms with Crippen molar-refractivity contribution in [1.29, 1.82) is 0 Å². The van der Waals surface area contributed by atoms with E-state index < -0.39 is 0 Å². The van der Waals surface area contributed by atoms with Crippen molar-refractivity contribution >= 4 is 0 Å². The maximum absolute atomic E-state index is 6.21. The van der Waals surface area contributed by atoms with Crippen molar-refractivity contribution in [3.8, 4) is 0 Å². The Morgan fingerprint density at radius 1 is 0.426 bits per heavy atom. The van der Waals surface area contributed by atoms with E-state index in [4.69, 9.17) is 9.47 Å². The number of rotatable bonds is 34. The van der Waals surface area contributed by atoms with Crippen molar-refractivity contribution in [2.45, 2.75) is 168 Å². The molecule has 0 unspecified atom stereocenters. The molecule has 1 saturated heterocycles. The quantitative estimate of drug-likeness (QED) is 0.0390. The summed E-state index contributed by atoms with van der Waals surface area (Å²) in [6.07, 6.45) is 49.9. The summed E-state index contributed by atoms with van der Waals surface area (Å²) in [5.41, 5.74) is 0. The van der Waals surface area contributed by atoms with Crippen LogP contribution in [0.1, 0.15) is 168 Å². The summed E-state index contributed by atoms with van der Waals surface area (Å²) in [6.45, 7) is 10.7. The summed E-state index contributed by atoms with van der Waals surface area (Å²) in [4.78, 5) is 0. The second kappa shape index (κ2) is 33.3. The molecule has 1 heterocycles. The Balaban J connectivity index is 1.94. The molecule has 1 aliphatic rings. The van der Waals surface area contributed by atoms with Crippen LogP contribution in [0.15, 0.2) is 48.6 Å². The topological polar surface area (TPSA) is 18.5 Å². The predicted molar refractivity (Wildman–Crippen MR) is 209 cm³/mol. The predicted octanol–water partition coefficient (Wildman–Crippen LogP) is 13.0. The van der Waals surface area contributed by atoms with Gasteiger partial charge < -0.3 is 14.0 Å². The standard InChI is InChI=1S/C44H82NO2/c1-5-7-9-11-13-15-17-19-21-23-25-27-29-31-33-35-37-46-41-43-39-45(3,4)40-44(43)42-47-38-36-34-32-30-28-26-24-22-20-18-16-14-12-10-8-6-2/h13-16,19-22,43-44H,5-12,17-18,23-42H2,1-4H3/q+1/b15-13-,16-14-,21-19-,22-20-/t43-,44-/m1/s1. The van der Waals surface area contributed by atoms with E-state index in [1.54, 1.807) is 0 Å². The van der Waals surface area contributed by atoms with Gasteiger partial charge in [-0.05, 0) is 77.0 Å². The Hall–Kier alpha value is -1.16. The highest BCUT2D eigenvalue weighted by atomic mass is 16.5. The molecule has 47 heavy (non-hydrogen) atoms. The van der Waals surface area contributed by atoms with E-state index in [1.807, 2.05) is 0 Å². The van der Waals surface area contributed by atoms with Crippen LogP contribution < -0.4 is 0 Å². The molecule has 0 spiro atoms. The molecule has 274 valence electrons. The zero-order valence-electron chi connectivity index (χ0n) is 32.3. The van der Waals surface area contributed by atoms with Crippen molar-refractivity contribution in [3.63, 3.8) is 0 Å². The van der Waals surface area contributed by atoms with Gasteiger partial charge in [0.05, 0.1) is 40.4 Å². The van der Waals surface area contributed by atoms with Crippen molar-refractivity contribution in [1.82, 2.24) is 0 Å². The maximum atomic E-state index is 6.21. The Morgan fingerprint density at radius 2 is 0.745 bits per heavy atom. The maximum Gasteiger partial charge on any atom is 0.0839 e. The summed E-state index contributed by atoms with van der Waals surface area (Å²) >= 11 is 0. The molecule has 0 amide bonds. The van der Waals surface area contributed by atoms with Crippen LogP contribution in [0.3, 0.4) is 0 Å². The van der Waals surface area contributed by atoms with Gasteiger partial charge in [-0.2, -0.15) is 0 Å². The third-order valence-electron chi connectivity index (χ3n) is 9.77. The van der Waals surface area contributed by atoms with Crippen LogP contribution >= 0.6 is 0 Å². The minimum Gasteiger partial charge on any atom is -0.381 e. The van der Waals surface area contributed by atoms with Gasteiger partial charge in [0, 0.05) is 25.0 Å². The van der Waals surface area contributed by atoms with E-state index in [9.17, 15) is 0 Å².